The number of ether oxygens (including phenoxy) is 2. The monoisotopic (exact) mass is 428 g/mol. The Bertz CT molecular complexity index is 940. The third kappa shape index (κ3) is 4.84. The molecule has 0 saturated carbocycles. The van der Waals surface area contributed by atoms with Crippen molar-refractivity contribution in [3.8, 4) is 11.5 Å². The van der Waals surface area contributed by atoms with Crippen molar-refractivity contribution in [1.29, 1.82) is 0 Å². The lowest BCUT2D eigenvalue weighted by Gasteiger charge is -2.31. The molecule has 1 aromatic carbocycles. The van der Waals surface area contributed by atoms with Gasteiger partial charge in [0.25, 0.3) is 0 Å². The van der Waals surface area contributed by atoms with Gasteiger partial charge in [-0.1, -0.05) is 11.8 Å². The lowest BCUT2D eigenvalue weighted by molar-refractivity contribution is -0.132. The Morgan fingerprint density at radius 2 is 1.80 bits per heavy atom. The van der Waals surface area contributed by atoms with Crippen LogP contribution in [0, 0.1) is 19.8 Å². The van der Waals surface area contributed by atoms with Gasteiger partial charge in [-0.05, 0) is 44.9 Å². The van der Waals surface area contributed by atoms with Gasteiger partial charge in [-0.15, -0.1) is 0 Å². The predicted octanol–water partition coefficient (Wildman–Crippen LogP) is 2.79. The van der Waals surface area contributed by atoms with Gasteiger partial charge in [0.05, 0.1) is 5.75 Å². The van der Waals surface area contributed by atoms with E-state index in [1.54, 1.807) is 18.2 Å². The molecule has 0 aliphatic carbocycles. The lowest BCUT2D eigenvalue weighted by Crippen LogP contribution is -2.42. The summed E-state index contributed by atoms with van der Waals surface area (Å²) in [4.78, 5) is 35.7. The van der Waals surface area contributed by atoms with Crippen LogP contribution in [0.2, 0.25) is 0 Å². The molecular weight excluding hydrogens is 404 g/mol. The number of amides is 2. The van der Waals surface area contributed by atoms with E-state index in [9.17, 15) is 9.59 Å². The maximum absolute atomic E-state index is 12.6. The van der Waals surface area contributed by atoms with E-state index in [4.69, 9.17) is 9.47 Å². The molecule has 1 saturated heterocycles. The average molecular weight is 429 g/mol. The molecule has 2 aliphatic rings. The summed E-state index contributed by atoms with van der Waals surface area (Å²) in [6.45, 7) is 5.19. The Morgan fingerprint density at radius 1 is 1.10 bits per heavy atom. The number of hydrogen-bond donors (Lipinski definition) is 1. The molecule has 3 heterocycles. The van der Waals surface area contributed by atoms with Crippen molar-refractivity contribution in [2.45, 2.75) is 31.8 Å². The van der Waals surface area contributed by atoms with E-state index in [0.29, 0.717) is 54.0 Å². The normalized spacial score (nSPS) is 15.9. The van der Waals surface area contributed by atoms with Gasteiger partial charge in [-0.25, -0.2) is 9.97 Å². The first-order valence-electron chi connectivity index (χ1n) is 9.91. The quantitative estimate of drug-likeness (QED) is 0.578. The van der Waals surface area contributed by atoms with Gasteiger partial charge in [-0.2, -0.15) is 0 Å². The van der Waals surface area contributed by atoms with Crippen LogP contribution in [0.4, 0.5) is 5.69 Å². The van der Waals surface area contributed by atoms with Gasteiger partial charge in [0, 0.05) is 42.1 Å². The second kappa shape index (κ2) is 8.91. The molecule has 2 amide bonds. The molecule has 0 atom stereocenters. The zero-order valence-corrected chi connectivity index (χ0v) is 17.8. The smallest absolute Gasteiger partial charge is 0.233 e. The number of piperidine rings is 1. The van der Waals surface area contributed by atoms with Crippen molar-refractivity contribution < 1.29 is 19.1 Å². The highest BCUT2D eigenvalue weighted by molar-refractivity contribution is 7.99. The summed E-state index contributed by atoms with van der Waals surface area (Å²) in [5.41, 5.74) is 2.48. The Morgan fingerprint density at radius 3 is 2.53 bits per heavy atom. The summed E-state index contributed by atoms with van der Waals surface area (Å²) in [5.74, 6) is 1.53. The number of fused-ring (bicyclic) bond motifs is 1. The Labute approximate surface area is 179 Å². The fourth-order valence-corrected chi connectivity index (χ4v) is 4.44. The average Bonchev–Trinajstić information content (AvgIpc) is 3.19. The van der Waals surface area contributed by atoms with Crippen LogP contribution in [-0.2, 0) is 9.59 Å². The number of aryl methyl sites for hydroxylation is 2. The van der Waals surface area contributed by atoms with Gasteiger partial charge in [0.1, 0.15) is 0 Å². The lowest BCUT2D eigenvalue weighted by atomic mass is 9.96. The van der Waals surface area contributed by atoms with Crippen molar-refractivity contribution >= 4 is 29.3 Å². The first kappa shape index (κ1) is 20.5. The number of rotatable bonds is 5. The molecule has 0 radical (unpaired) electrons. The van der Waals surface area contributed by atoms with Gasteiger partial charge < -0.3 is 19.7 Å². The first-order valence-corrected chi connectivity index (χ1v) is 10.9. The third-order valence-corrected chi connectivity index (χ3v) is 5.98. The fourth-order valence-electron chi connectivity index (χ4n) is 3.59. The molecular formula is C21H24N4O4S. The first-order chi connectivity index (χ1) is 14.5. The Balaban J connectivity index is 1.24. The summed E-state index contributed by atoms with van der Waals surface area (Å²) in [6.07, 6.45) is 1.29. The van der Waals surface area contributed by atoms with Crippen molar-refractivity contribution in [3.63, 3.8) is 0 Å². The van der Waals surface area contributed by atoms with Crippen molar-refractivity contribution in [3.05, 3.63) is 35.7 Å². The van der Waals surface area contributed by atoms with Crippen LogP contribution in [0.25, 0.3) is 0 Å². The van der Waals surface area contributed by atoms with Gasteiger partial charge in [-0.3, -0.25) is 9.59 Å². The van der Waals surface area contributed by atoms with Crippen molar-refractivity contribution in [1.82, 2.24) is 14.9 Å². The van der Waals surface area contributed by atoms with Crippen LogP contribution in [0.3, 0.4) is 0 Å². The molecule has 1 fully saturated rings. The number of likely N-dealkylation sites (tertiary alicyclic amines) is 1. The van der Waals surface area contributed by atoms with E-state index in [0.717, 1.165) is 11.4 Å². The summed E-state index contributed by atoms with van der Waals surface area (Å²) >= 11 is 1.35. The highest BCUT2D eigenvalue weighted by Gasteiger charge is 2.28. The second-order valence-corrected chi connectivity index (χ2v) is 8.38. The van der Waals surface area contributed by atoms with Crippen molar-refractivity contribution in [2.75, 3.05) is 31.0 Å². The summed E-state index contributed by atoms with van der Waals surface area (Å²) in [7, 11) is 0. The number of anilines is 1. The van der Waals surface area contributed by atoms with Crippen LogP contribution >= 0.6 is 11.8 Å². The molecule has 1 N–H and O–H groups in total. The predicted molar refractivity (Wildman–Crippen MR) is 113 cm³/mol. The van der Waals surface area contributed by atoms with Gasteiger partial charge in [0.2, 0.25) is 18.6 Å². The number of nitrogens with zero attached hydrogens (tertiary/aromatic N) is 3. The van der Waals surface area contributed by atoms with E-state index in [1.807, 2.05) is 24.8 Å². The Hall–Kier alpha value is -2.81. The second-order valence-electron chi connectivity index (χ2n) is 7.43. The van der Waals surface area contributed by atoms with Crippen LogP contribution in [0.5, 0.6) is 11.5 Å². The minimum absolute atomic E-state index is 0.0287. The zero-order chi connectivity index (χ0) is 21.1. The van der Waals surface area contributed by atoms with Gasteiger partial charge >= 0.3 is 0 Å². The number of carbonyl (C=O) groups excluding carboxylic acids is 2. The largest absolute Gasteiger partial charge is 0.454 e. The zero-order valence-electron chi connectivity index (χ0n) is 17.0. The Kier molecular flexibility index (Phi) is 6.08. The number of aromatic nitrogens is 2. The highest BCUT2D eigenvalue weighted by Crippen LogP contribution is 2.34. The fraction of sp³-hybridized carbons (Fsp3) is 0.429. The summed E-state index contributed by atoms with van der Waals surface area (Å²) in [5, 5.41) is 3.57. The number of hydrogen-bond acceptors (Lipinski definition) is 7. The number of thioether (sulfide) groups is 1. The molecule has 2 aromatic rings. The standard InChI is InChI=1S/C21H24N4O4S/c1-13-9-14(2)23-21(22-13)30-11-19(26)25-7-5-15(6-8-25)20(27)24-16-3-4-17-18(10-16)29-12-28-17/h3-4,9-10,15H,5-8,11-12H2,1-2H3,(H,24,27). The number of benzene rings is 1. The molecule has 2 aliphatic heterocycles. The molecule has 0 unspecified atom stereocenters. The topological polar surface area (TPSA) is 93.7 Å². The van der Waals surface area contributed by atoms with E-state index in [-0.39, 0.29) is 24.5 Å². The molecule has 30 heavy (non-hydrogen) atoms. The van der Waals surface area contributed by atoms with Crippen LogP contribution in [-0.4, -0.2) is 52.3 Å². The molecule has 4 rings (SSSR count). The summed E-state index contributed by atoms with van der Waals surface area (Å²) in [6, 6.07) is 7.27. The van der Waals surface area contributed by atoms with E-state index < -0.39 is 0 Å². The molecule has 0 spiro atoms. The van der Waals surface area contributed by atoms with E-state index in [1.165, 1.54) is 11.8 Å². The van der Waals surface area contributed by atoms with E-state index >= 15 is 0 Å². The molecule has 9 heteroatoms. The summed E-state index contributed by atoms with van der Waals surface area (Å²) < 4.78 is 10.6. The van der Waals surface area contributed by atoms with Gasteiger partial charge in [0.15, 0.2) is 16.7 Å². The highest BCUT2D eigenvalue weighted by atomic mass is 32.2. The number of nitrogens with one attached hydrogen (secondary N) is 1. The van der Waals surface area contributed by atoms with Crippen LogP contribution < -0.4 is 14.8 Å². The van der Waals surface area contributed by atoms with Crippen LogP contribution in [0.1, 0.15) is 24.2 Å². The maximum Gasteiger partial charge on any atom is 0.233 e. The maximum atomic E-state index is 12.6. The van der Waals surface area contributed by atoms with Crippen molar-refractivity contribution in [2.24, 2.45) is 5.92 Å². The molecule has 1 aromatic heterocycles. The molecule has 158 valence electrons. The molecule has 8 nitrogen and oxygen atoms in total. The third-order valence-electron chi connectivity index (χ3n) is 5.15. The van der Waals surface area contributed by atoms with Crippen LogP contribution in [0.15, 0.2) is 29.4 Å². The van der Waals surface area contributed by atoms with E-state index in [2.05, 4.69) is 15.3 Å². The molecule has 0 bridgehead atoms. The SMILES string of the molecule is Cc1cc(C)nc(SCC(=O)N2CCC(C(=O)Nc3ccc4c(c3)OCO4)CC2)n1. The minimum atomic E-state index is -0.116. The minimum Gasteiger partial charge on any atom is -0.454 e. The number of carbonyl (C=O) groups is 2.